The largest absolute Gasteiger partial charge is 0.465 e. The molecule has 2 bridgehead atoms. The van der Waals surface area contributed by atoms with E-state index in [-0.39, 0.29) is 38.1 Å². The van der Waals surface area contributed by atoms with Crippen molar-refractivity contribution < 1.29 is 29.0 Å². The van der Waals surface area contributed by atoms with Gasteiger partial charge in [-0.15, -0.1) is 13.2 Å². The van der Waals surface area contributed by atoms with Crippen LogP contribution in [0.1, 0.15) is 25.7 Å². The van der Waals surface area contributed by atoms with Crippen molar-refractivity contribution in [2.45, 2.75) is 43.4 Å². The number of hydrogen-bond donors (Lipinski definition) is 1. The molecule has 2 amide bonds. The second kappa shape index (κ2) is 10.5. The first-order valence-electron chi connectivity index (χ1n) is 11.9. The first kappa shape index (κ1) is 25.4. The van der Waals surface area contributed by atoms with E-state index in [1.165, 1.54) is 9.80 Å². The number of anilines is 1. The number of β-amino-alcohol motifs (C(OH)–C–C–N with tert-alkyl or cyclic N) is 1. The number of aliphatic hydroxyl groups excluding tert-OH is 1. The zero-order valence-electron chi connectivity index (χ0n) is 19.6. The van der Waals surface area contributed by atoms with E-state index in [1.54, 1.807) is 36.4 Å². The average Bonchev–Trinajstić information content (AvgIpc) is 3.48. The molecule has 0 saturated carbocycles. The van der Waals surface area contributed by atoms with Gasteiger partial charge in [-0.3, -0.25) is 14.4 Å². The number of allylic oxidation sites excluding steroid dienone is 1. The Morgan fingerprint density at radius 3 is 2.69 bits per heavy atom. The number of likely N-dealkylation sites (tertiary alicyclic amines) is 1. The van der Waals surface area contributed by atoms with Gasteiger partial charge in [0.2, 0.25) is 5.91 Å². The minimum absolute atomic E-state index is 0.0365. The number of ether oxygens (including phenoxy) is 2. The Hall–Kier alpha value is -2.68. The number of unbranched alkanes of at least 4 members (excludes halogenated alkanes) is 1. The summed E-state index contributed by atoms with van der Waals surface area (Å²) in [6.07, 6.45) is 5.26. The fraction of sp³-hybridized carbons (Fsp3) is 0.500. The lowest BCUT2D eigenvalue weighted by Gasteiger charge is -2.36. The number of carbonyl (C=O) groups excluding carboxylic acids is 3. The summed E-state index contributed by atoms with van der Waals surface area (Å²) in [5, 5.41) is 10.2. The van der Waals surface area contributed by atoms with Gasteiger partial charge in [0.25, 0.3) is 5.91 Å². The fourth-order valence-electron chi connectivity index (χ4n) is 5.77. The molecular weight excluding hydrogens is 472 g/mol. The van der Waals surface area contributed by atoms with Crippen LogP contribution in [0.5, 0.6) is 0 Å². The van der Waals surface area contributed by atoms with Crippen molar-refractivity contribution in [2.75, 3.05) is 31.2 Å². The van der Waals surface area contributed by atoms with Crippen LogP contribution in [0.4, 0.5) is 5.69 Å². The third kappa shape index (κ3) is 4.39. The molecule has 0 aliphatic carbocycles. The Morgan fingerprint density at radius 1 is 1.29 bits per heavy atom. The number of carbonyl (C=O) groups is 3. The van der Waals surface area contributed by atoms with Crippen molar-refractivity contribution in [3.8, 4) is 0 Å². The summed E-state index contributed by atoms with van der Waals surface area (Å²) >= 11 is 6.03. The van der Waals surface area contributed by atoms with E-state index in [1.807, 2.05) is 0 Å². The van der Waals surface area contributed by atoms with Gasteiger partial charge in [-0.2, -0.15) is 0 Å². The molecule has 3 heterocycles. The molecule has 3 aliphatic rings. The molecule has 1 spiro atoms. The van der Waals surface area contributed by atoms with Crippen molar-refractivity contribution in [3.63, 3.8) is 0 Å². The Kier molecular flexibility index (Phi) is 7.64. The van der Waals surface area contributed by atoms with Crippen molar-refractivity contribution in [2.24, 2.45) is 11.8 Å². The Labute approximate surface area is 210 Å². The van der Waals surface area contributed by atoms with Crippen LogP contribution in [-0.4, -0.2) is 71.8 Å². The highest BCUT2D eigenvalue weighted by Crippen LogP contribution is 2.58. The second-order valence-corrected chi connectivity index (χ2v) is 9.56. The van der Waals surface area contributed by atoms with Gasteiger partial charge in [-0.25, -0.2) is 0 Å². The summed E-state index contributed by atoms with van der Waals surface area (Å²) in [5.41, 5.74) is -0.550. The van der Waals surface area contributed by atoms with Gasteiger partial charge in [-0.1, -0.05) is 23.8 Å². The van der Waals surface area contributed by atoms with Crippen LogP contribution in [0, 0.1) is 11.8 Å². The zero-order valence-corrected chi connectivity index (χ0v) is 20.4. The average molecular weight is 503 g/mol. The van der Waals surface area contributed by atoms with Crippen LogP contribution in [-0.2, 0) is 23.9 Å². The molecule has 3 aliphatic heterocycles. The van der Waals surface area contributed by atoms with Crippen molar-refractivity contribution >= 4 is 35.1 Å². The lowest BCUT2D eigenvalue weighted by molar-refractivity contribution is -0.155. The molecule has 0 radical (unpaired) electrons. The maximum atomic E-state index is 14.1. The summed E-state index contributed by atoms with van der Waals surface area (Å²) in [6.45, 7) is 7.52. The van der Waals surface area contributed by atoms with E-state index in [0.717, 1.165) is 6.42 Å². The molecule has 1 N–H and O–H groups in total. The number of fused-ring (bicyclic) bond motifs is 1. The van der Waals surface area contributed by atoms with Crippen LogP contribution in [0.15, 0.2) is 49.6 Å². The Balaban J connectivity index is 1.67. The molecule has 8 nitrogen and oxygen atoms in total. The zero-order chi connectivity index (χ0) is 25.2. The number of halogens is 1. The molecule has 188 valence electrons. The molecule has 4 rings (SSSR count). The van der Waals surface area contributed by atoms with Gasteiger partial charge in [0.05, 0.1) is 31.2 Å². The number of rotatable bonds is 11. The summed E-state index contributed by atoms with van der Waals surface area (Å²) in [7, 11) is 0. The van der Waals surface area contributed by atoms with E-state index in [4.69, 9.17) is 21.1 Å². The molecule has 1 aromatic carbocycles. The molecular formula is C26H31ClN2O6. The number of benzene rings is 1. The number of nitrogens with zero attached hydrogens (tertiary/aromatic N) is 2. The monoisotopic (exact) mass is 502 g/mol. The van der Waals surface area contributed by atoms with E-state index >= 15 is 0 Å². The van der Waals surface area contributed by atoms with Crippen LogP contribution in [0.2, 0.25) is 5.02 Å². The number of hydrogen-bond acceptors (Lipinski definition) is 6. The number of amides is 2. The summed E-state index contributed by atoms with van der Waals surface area (Å²) < 4.78 is 11.8. The first-order valence-corrected chi connectivity index (χ1v) is 12.3. The van der Waals surface area contributed by atoms with Crippen LogP contribution >= 0.6 is 11.6 Å². The Morgan fingerprint density at radius 2 is 2.03 bits per heavy atom. The smallest absolute Gasteiger partial charge is 0.312 e. The first-order chi connectivity index (χ1) is 16.9. The number of esters is 1. The van der Waals surface area contributed by atoms with Crippen LogP contribution in [0.3, 0.4) is 0 Å². The predicted octanol–water partition coefficient (Wildman–Crippen LogP) is 2.74. The van der Waals surface area contributed by atoms with Crippen molar-refractivity contribution in [1.29, 1.82) is 0 Å². The molecule has 35 heavy (non-hydrogen) atoms. The van der Waals surface area contributed by atoms with E-state index in [0.29, 0.717) is 30.0 Å². The van der Waals surface area contributed by atoms with Crippen molar-refractivity contribution in [3.05, 3.63) is 54.6 Å². The van der Waals surface area contributed by atoms with Gasteiger partial charge in [0.1, 0.15) is 11.6 Å². The molecule has 3 fully saturated rings. The van der Waals surface area contributed by atoms with Gasteiger partial charge in [0.15, 0.2) is 0 Å². The minimum atomic E-state index is -1.15. The maximum Gasteiger partial charge on any atom is 0.312 e. The minimum Gasteiger partial charge on any atom is -0.465 e. The van der Waals surface area contributed by atoms with Crippen LogP contribution < -0.4 is 4.90 Å². The predicted molar refractivity (Wildman–Crippen MR) is 131 cm³/mol. The SMILES string of the molecule is C=CCCCOC(=O)[C@@H]1[C@H]2C(=O)N(CCO)C(C(=O)N(CC=C)c3ccc(Cl)cc3)C23CC[C@H]1O3. The fourth-order valence-corrected chi connectivity index (χ4v) is 5.89. The molecule has 1 aromatic rings. The maximum absolute atomic E-state index is 14.1. The third-order valence-corrected chi connectivity index (χ3v) is 7.41. The highest BCUT2D eigenvalue weighted by atomic mass is 35.5. The highest BCUT2D eigenvalue weighted by molar-refractivity contribution is 6.30. The van der Waals surface area contributed by atoms with Gasteiger partial charge < -0.3 is 24.4 Å². The van der Waals surface area contributed by atoms with E-state index in [9.17, 15) is 19.5 Å². The van der Waals surface area contributed by atoms with Crippen LogP contribution in [0.25, 0.3) is 0 Å². The van der Waals surface area contributed by atoms with Gasteiger partial charge in [0, 0.05) is 23.8 Å². The quantitative estimate of drug-likeness (QED) is 0.284. The molecule has 3 saturated heterocycles. The van der Waals surface area contributed by atoms with Crippen molar-refractivity contribution in [1.82, 2.24) is 4.90 Å². The summed E-state index contributed by atoms with van der Waals surface area (Å²) in [5.74, 6) is -2.79. The molecule has 0 aromatic heterocycles. The number of aliphatic hydroxyl groups is 1. The summed E-state index contributed by atoms with van der Waals surface area (Å²) in [4.78, 5) is 43.6. The topological polar surface area (TPSA) is 96.4 Å². The summed E-state index contributed by atoms with van der Waals surface area (Å²) in [6, 6.07) is 5.84. The van der Waals surface area contributed by atoms with Gasteiger partial charge >= 0.3 is 5.97 Å². The lowest BCUT2D eigenvalue weighted by Crippen LogP contribution is -2.56. The Bertz CT molecular complexity index is 998. The van der Waals surface area contributed by atoms with E-state index < -0.39 is 35.6 Å². The van der Waals surface area contributed by atoms with Gasteiger partial charge in [-0.05, 0) is 49.9 Å². The molecule has 5 atom stereocenters. The molecule has 9 heteroatoms. The highest BCUT2D eigenvalue weighted by Gasteiger charge is 2.75. The second-order valence-electron chi connectivity index (χ2n) is 9.12. The lowest BCUT2D eigenvalue weighted by atomic mass is 9.70. The third-order valence-electron chi connectivity index (χ3n) is 7.16. The normalized spacial score (nSPS) is 28.6. The van der Waals surface area contributed by atoms with E-state index in [2.05, 4.69) is 13.2 Å². The standard InChI is InChI=1S/C26H31ClN2O6/c1-3-5-6-16-34-25(33)20-19-11-12-26(35-19)21(20)23(31)29(14-15-30)22(26)24(32)28(13-4-2)18-9-7-17(27)8-10-18/h3-4,7-10,19-22,30H,1-2,5-6,11-16H2/t19-,20+,21+,22?,26?/m1/s1. The molecule has 2 unspecified atom stereocenters.